The number of anilines is 4. The van der Waals surface area contributed by atoms with Gasteiger partial charge in [-0.3, -0.25) is 19.0 Å². The summed E-state index contributed by atoms with van der Waals surface area (Å²) in [6, 6.07) is 18.7. The average Bonchev–Trinajstić information content (AvgIpc) is 3.80. The van der Waals surface area contributed by atoms with Crippen LogP contribution in [-0.2, 0) is 36.1 Å². The summed E-state index contributed by atoms with van der Waals surface area (Å²) in [6.45, 7) is 1.70. The summed E-state index contributed by atoms with van der Waals surface area (Å²) < 4.78 is 82.5. The first-order chi connectivity index (χ1) is 25.3. The number of methoxy groups -OCH3 is 4. The van der Waals surface area contributed by atoms with Crippen LogP contribution in [0.4, 0.5) is 22.7 Å². The van der Waals surface area contributed by atoms with E-state index in [2.05, 4.69) is 9.44 Å². The Morgan fingerprint density at radius 2 is 0.887 bits per heavy atom. The number of sulfonamides is 2. The number of nitrogens with zero attached hydrogens (tertiary/aromatic N) is 2. The summed E-state index contributed by atoms with van der Waals surface area (Å²) in [7, 11) is -2.54. The minimum Gasteiger partial charge on any atom is -0.493 e. The largest absolute Gasteiger partial charge is 0.493 e. The predicted octanol–water partition coefficient (Wildman–Crippen LogP) is 4.47. The summed E-state index contributed by atoms with van der Waals surface area (Å²) in [5, 5.41) is 0. The van der Waals surface area contributed by atoms with E-state index in [1.54, 1.807) is 36.4 Å². The van der Waals surface area contributed by atoms with Gasteiger partial charge in [-0.15, -0.1) is 0 Å². The molecule has 0 spiro atoms. The Balaban J connectivity index is 1.34. The average molecular weight is 765 g/mol. The lowest BCUT2D eigenvalue weighted by molar-refractivity contribution is -0.117. The molecule has 14 nitrogen and oxygen atoms in total. The van der Waals surface area contributed by atoms with Gasteiger partial charge < -0.3 is 28.7 Å². The van der Waals surface area contributed by atoms with Crippen LogP contribution in [-0.4, -0.2) is 83.0 Å². The molecule has 0 aromatic heterocycles. The van der Waals surface area contributed by atoms with E-state index < -0.39 is 20.0 Å². The standard InChI is InChI=1S/C37H40N4O10S2/c1-48-34-18-24(32(20-36(34)50-3)38-52(44,45)30-9-5-26(6-10-30)40-15-13-28(42)22-40)17-25-19-35(49-2)37(51-4)21-33(25)39-53(46,47)31-11-7-27(8-12-31)41-16-14-29(43)23-41/h5-12,18-21,38-39H,13-17,22-23H2,1-4H3. The van der Waals surface area contributed by atoms with Gasteiger partial charge in [0, 0.05) is 55.9 Å². The summed E-state index contributed by atoms with van der Waals surface area (Å²) in [6.07, 6.45) is 0.895. The molecule has 2 aliphatic heterocycles. The maximum absolute atomic E-state index is 13.8. The lowest BCUT2D eigenvalue weighted by atomic mass is 10.0. The van der Waals surface area contributed by atoms with Crippen LogP contribution >= 0.6 is 0 Å². The molecule has 0 bridgehead atoms. The van der Waals surface area contributed by atoms with Gasteiger partial charge in [-0.2, -0.15) is 0 Å². The Morgan fingerprint density at radius 1 is 0.547 bits per heavy atom. The molecule has 0 unspecified atom stereocenters. The number of ether oxygens (including phenoxy) is 4. The maximum Gasteiger partial charge on any atom is 0.261 e. The van der Waals surface area contributed by atoms with Crippen LogP contribution in [0.2, 0.25) is 0 Å². The quantitative estimate of drug-likeness (QED) is 0.185. The molecule has 4 aromatic carbocycles. The molecule has 0 saturated carbocycles. The zero-order valence-corrected chi connectivity index (χ0v) is 31.3. The van der Waals surface area contributed by atoms with Crippen LogP contribution in [0.3, 0.4) is 0 Å². The maximum atomic E-state index is 13.8. The Bertz CT molecular complexity index is 2090. The van der Waals surface area contributed by atoms with Gasteiger partial charge in [-0.1, -0.05) is 0 Å². The molecule has 53 heavy (non-hydrogen) atoms. The van der Waals surface area contributed by atoms with Crippen LogP contribution in [0.1, 0.15) is 24.0 Å². The fourth-order valence-electron chi connectivity index (χ4n) is 6.31. The van der Waals surface area contributed by atoms with Gasteiger partial charge in [0.15, 0.2) is 34.6 Å². The molecule has 0 atom stereocenters. The van der Waals surface area contributed by atoms with Crippen molar-refractivity contribution >= 4 is 54.4 Å². The molecule has 280 valence electrons. The Hall–Kier alpha value is -5.48. The molecule has 4 aromatic rings. The Morgan fingerprint density at radius 3 is 1.19 bits per heavy atom. The third kappa shape index (κ3) is 8.13. The topological polar surface area (TPSA) is 170 Å². The lowest BCUT2D eigenvalue weighted by Gasteiger charge is -2.20. The Kier molecular flexibility index (Phi) is 10.7. The second-order valence-corrected chi connectivity index (χ2v) is 15.9. The smallest absolute Gasteiger partial charge is 0.261 e. The third-order valence-corrected chi connectivity index (χ3v) is 11.9. The monoisotopic (exact) mass is 764 g/mol. The van der Waals surface area contributed by atoms with Crippen molar-refractivity contribution in [1.29, 1.82) is 0 Å². The number of rotatable bonds is 14. The van der Waals surface area contributed by atoms with E-state index in [0.717, 1.165) is 11.4 Å². The number of Topliss-reactive ketones (excluding diaryl/α,β-unsaturated/α-hetero) is 2. The minimum absolute atomic E-state index is 0.000266. The van der Waals surface area contributed by atoms with Gasteiger partial charge in [0.2, 0.25) is 0 Å². The summed E-state index contributed by atoms with van der Waals surface area (Å²) in [5.74, 6) is 1.41. The van der Waals surface area contributed by atoms with Crippen molar-refractivity contribution in [2.45, 2.75) is 29.1 Å². The molecular formula is C37H40N4O10S2. The first-order valence-corrected chi connectivity index (χ1v) is 19.6. The van der Waals surface area contributed by atoms with Gasteiger partial charge in [-0.05, 0) is 71.8 Å². The van der Waals surface area contributed by atoms with E-state index in [-0.39, 0.29) is 63.7 Å². The number of carbonyl (C=O) groups excluding carboxylic acids is 2. The van der Waals surface area contributed by atoms with Gasteiger partial charge in [-0.25, -0.2) is 16.8 Å². The number of ketones is 2. The highest BCUT2D eigenvalue weighted by Gasteiger charge is 2.25. The van der Waals surface area contributed by atoms with Gasteiger partial charge in [0.05, 0.1) is 62.7 Å². The first-order valence-electron chi connectivity index (χ1n) is 16.6. The fourth-order valence-corrected chi connectivity index (χ4v) is 8.50. The Labute approximate surface area is 308 Å². The number of hydrogen-bond acceptors (Lipinski definition) is 12. The highest BCUT2D eigenvalue weighted by atomic mass is 32.2. The van der Waals surface area contributed by atoms with Crippen LogP contribution in [0.25, 0.3) is 0 Å². The predicted molar refractivity (Wildman–Crippen MR) is 200 cm³/mol. The molecule has 2 aliphatic rings. The molecule has 0 aliphatic carbocycles. The fraction of sp³-hybridized carbons (Fsp3) is 0.297. The molecule has 0 amide bonds. The highest BCUT2D eigenvalue weighted by molar-refractivity contribution is 7.93. The van der Waals surface area contributed by atoms with E-state index in [1.165, 1.54) is 64.8 Å². The molecule has 2 N–H and O–H groups in total. The molecule has 2 fully saturated rings. The molecule has 2 saturated heterocycles. The third-order valence-electron chi connectivity index (χ3n) is 9.17. The van der Waals surface area contributed by atoms with Crippen molar-refractivity contribution < 1.29 is 45.4 Å². The molecule has 2 heterocycles. The van der Waals surface area contributed by atoms with Gasteiger partial charge in [0.25, 0.3) is 20.0 Å². The first kappa shape index (κ1) is 37.3. The lowest BCUT2D eigenvalue weighted by Crippen LogP contribution is -2.20. The molecule has 6 rings (SSSR count). The van der Waals surface area contributed by atoms with E-state index in [4.69, 9.17) is 18.9 Å². The van der Waals surface area contributed by atoms with Crippen LogP contribution in [0.5, 0.6) is 23.0 Å². The van der Waals surface area contributed by atoms with Crippen molar-refractivity contribution in [2.24, 2.45) is 0 Å². The second-order valence-electron chi connectivity index (χ2n) is 12.5. The van der Waals surface area contributed by atoms with E-state index in [0.29, 0.717) is 48.6 Å². The number of benzene rings is 4. The molecule has 16 heteroatoms. The van der Waals surface area contributed by atoms with Crippen molar-refractivity contribution in [2.75, 3.05) is 73.9 Å². The van der Waals surface area contributed by atoms with E-state index in [1.807, 2.05) is 9.80 Å². The van der Waals surface area contributed by atoms with Crippen molar-refractivity contribution in [3.05, 3.63) is 83.9 Å². The highest BCUT2D eigenvalue weighted by Crippen LogP contribution is 2.40. The van der Waals surface area contributed by atoms with Gasteiger partial charge in [0.1, 0.15) is 0 Å². The normalized spacial score (nSPS) is 14.7. The summed E-state index contributed by atoms with van der Waals surface area (Å²) in [4.78, 5) is 27.3. The summed E-state index contributed by atoms with van der Waals surface area (Å²) in [5.41, 5.74) is 2.66. The van der Waals surface area contributed by atoms with Crippen LogP contribution in [0.15, 0.2) is 82.6 Å². The molecule has 0 radical (unpaired) electrons. The molecular weight excluding hydrogens is 725 g/mol. The van der Waals surface area contributed by atoms with Crippen molar-refractivity contribution in [3.63, 3.8) is 0 Å². The zero-order valence-electron chi connectivity index (χ0n) is 29.7. The summed E-state index contributed by atoms with van der Waals surface area (Å²) >= 11 is 0. The minimum atomic E-state index is -4.15. The van der Waals surface area contributed by atoms with Crippen molar-refractivity contribution in [1.82, 2.24) is 0 Å². The number of carbonyl (C=O) groups is 2. The number of nitrogens with one attached hydrogen (secondary N) is 2. The zero-order chi connectivity index (χ0) is 37.9. The van der Waals surface area contributed by atoms with Crippen LogP contribution in [0, 0.1) is 0 Å². The van der Waals surface area contributed by atoms with E-state index >= 15 is 0 Å². The van der Waals surface area contributed by atoms with Crippen molar-refractivity contribution in [3.8, 4) is 23.0 Å². The SMILES string of the molecule is COc1cc(Cc2cc(OC)c(OC)cc2NS(=O)(=O)c2ccc(N3CCC(=O)C3)cc2)c(NS(=O)(=O)c2ccc(N3CCC(=O)C3)cc2)cc1OC. The van der Waals surface area contributed by atoms with E-state index in [9.17, 15) is 26.4 Å². The van der Waals surface area contributed by atoms with Crippen LogP contribution < -0.4 is 38.2 Å². The second kappa shape index (κ2) is 15.2. The van der Waals surface area contributed by atoms with Gasteiger partial charge >= 0.3 is 0 Å². The number of hydrogen-bond donors (Lipinski definition) is 2.